The van der Waals surface area contributed by atoms with Crippen molar-refractivity contribution in [3.63, 3.8) is 0 Å². The van der Waals surface area contributed by atoms with E-state index >= 15 is 0 Å². The van der Waals surface area contributed by atoms with E-state index in [1.165, 1.54) is 36.0 Å². The molecule has 4 aliphatic rings. The number of H-pyrrole nitrogens is 1. The fourth-order valence-electron chi connectivity index (χ4n) is 4.97. The number of amides is 2. The summed E-state index contributed by atoms with van der Waals surface area (Å²) in [7, 11) is 0. The van der Waals surface area contributed by atoms with Crippen LogP contribution in [0.5, 0.6) is 0 Å². The summed E-state index contributed by atoms with van der Waals surface area (Å²) >= 11 is 0. The molecule has 31 heavy (non-hydrogen) atoms. The van der Waals surface area contributed by atoms with Gasteiger partial charge in [0.05, 0.1) is 24.4 Å². The molecule has 1 aliphatic carbocycles. The predicted molar refractivity (Wildman–Crippen MR) is 112 cm³/mol. The molecule has 0 spiro atoms. The first-order chi connectivity index (χ1) is 15.0. The second-order valence-corrected chi connectivity index (χ2v) is 8.95. The maximum absolute atomic E-state index is 14.6. The number of nitrogens with zero attached hydrogens (tertiary/aromatic N) is 2. The summed E-state index contributed by atoms with van der Waals surface area (Å²) in [5, 5.41) is 2.74. The van der Waals surface area contributed by atoms with Crippen molar-refractivity contribution in [3.8, 4) is 0 Å². The number of anilines is 1. The smallest absolute Gasteiger partial charge is 0.410 e. The number of hydrogen-bond donors (Lipinski definition) is 2. The van der Waals surface area contributed by atoms with E-state index in [1.807, 2.05) is 6.20 Å². The number of rotatable bonds is 5. The van der Waals surface area contributed by atoms with Crippen molar-refractivity contribution in [3.05, 3.63) is 52.6 Å². The first-order valence-corrected chi connectivity index (χ1v) is 10.7. The molecule has 0 radical (unpaired) electrons. The number of piperidine rings is 1. The van der Waals surface area contributed by atoms with E-state index in [0.717, 1.165) is 24.1 Å². The summed E-state index contributed by atoms with van der Waals surface area (Å²) in [6.07, 6.45) is 4.73. The van der Waals surface area contributed by atoms with Crippen molar-refractivity contribution in [2.24, 2.45) is 11.8 Å². The maximum atomic E-state index is 14.6. The molecule has 2 amide bonds. The van der Waals surface area contributed by atoms with Crippen LogP contribution in [0.25, 0.3) is 11.6 Å². The van der Waals surface area contributed by atoms with Crippen molar-refractivity contribution in [1.82, 2.24) is 14.8 Å². The number of ether oxygens (including phenoxy) is 1. The predicted octanol–water partition coefficient (Wildman–Crippen LogP) is 3.05. The number of hydrogen-bond acceptors (Lipinski definition) is 4. The zero-order chi connectivity index (χ0) is 21.1. The van der Waals surface area contributed by atoms with Crippen molar-refractivity contribution in [2.75, 3.05) is 31.6 Å². The molecule has 2 N–H and O–H groups in total. The average Bonchev–Trinajstić information content (AvgIpc) is 3.13. The molecule has 2 aromatic rings. The first-order valence-electron chi connectivity index (χ1n) is 10.7. The molecule has 3 aliphatic heterocycles. The number of aromatic amines is 1. The van der Waals surface area contributed by atoms with Crippen LogP contribution >= 0.6 is 0 Å². The van der Waals surface area contributed by atoms with E-state index in [2.05, 4.69) is 21.3 Å². The van der Waals surface area contributed by atoms with E-state index in [9.17, 15) is 14.0 Å². The van der Waals surface area contributed by atoms with Crippen LogP contribution in [0, 0.1) is 17.7 Å². The van der Waals surface area contributed by atoms with E-state index in [1.54, 1.807) is 12.1 Å². The third-order valence-corrected chi connectivity index (χ3v) is 6.70. The SMILES string of the molecule is O=C1Nc2cc(F)c(CN3CCOC3=O)cc2C1=Cc1cc(CN2CC3C[C@@H]3C2)c[nH]1. The van der Waals surface area contributed by atoms with Gasteiger partial charge in [0, 0.05) is 42.7 Å². The van der Waals surface area contributed by atoms with Gasteiger partial charge in [-0.15, -0.1) is 0 Å². The van der Waals surface area contributed by atoms with Crippen LogP contribution in [-0.2, 0) is 22.6 Å². The topological polar surface area (TPSA) is 77.7 Å². The molecule has 2 saturated heterocycles. The quantitative estimate of drug-likeness (QED) is 0.726. The molecule has 160 valence electrons. The number of aromatic nitrogens is 1. The molecular formula is C23H23FN4O3. The highest BCUT2D eigenvalue weighted by Crippen LogP contribution is 2.45. The summed E-state index contributed by atoms with van der Waals surface area (Å²) in [5.74, 6) is 1.08. The lowest BCUT2D eigenvalue weighted by Gasteiger charge is -2.15. The van der Waals surface area contributed by atoms with Crippen LogP contribution in [0.4, 0.5) is 14.9 Å². The Morgan fingerprint density at radius 3 is 2.77 bits per heavy atom. The fraction of sp³-hybridized carbons (Fsp3) is 0.391. The van der Waals surface area contributed by atoms with Crippen LogP contribution < -0.4 is 5.32 Å². The van der Waals surface area contributed by atoms with Gasteiger partial charge in [-0.2, -0.15) is 0 Å². The number of nitrogens with one attached hydrogen (secondary N) is 2. The van der Waals surface area contributed by atoms with E-state index in [4.69, 9.17) is 4.74 Å². The largest absolute Gasteiger partial charge is 0.448 e. The van der Waals surface area contributed by atoms with Gasteiger partial charge >= 0.3 is 6.09 Å². The minimum atomic E-state index is -0.453. The number of likely N-dealkylation sites (tertiary alicyclic amines) is 1. The third-order valence-electron chi connectivity index (χ3n) is 6.70. The minimum absolute atomic E-state index is 0.115. The third kappa shape index (κ3) is 3.40. The van der Waals surface area contributed by atoms with Crippen LogP contribution in [0.1, 0.15) is 28.8 Å². The summed E-state index contributed by atoms with van der Waals surface area (Å²) in [4.78, 5) is 31.5. The van der Waals surface area contributed by atoms with Gasteiger partial charge in [0.25, 0.3) is 5.91 Å². The Morgan fingerprint density at radius 2 is 2.00 bits per heavy atom. The number of benzene rings is 1. The second kappa shape index (κ2) is 6.95. The molecule has 1 unspecified atom stereocenters. The van der Waals surface area contributed by atoms with Crippen molar-refractivity contribution in [1.29, 1.82) is 0 Å². The summed E-state index contributed by atoms with van der Waals surface area (Å²) in [5.41, 5.74) is 3.97. The van der Waals surface area contributed by atoms with E-state index < -0.39 is 11.9 Å². The van der Waals surface area contributed by atoms with Gasteiger partial charge in [-0.3, -0.25) is 9.69 Å². The van der Waals surface area contributed by atoms with Gasteiger partial charge in [-0.05, 0) is 48.1 Å². The van der Waals surface area contributed by atoms with Gasteiger partial charge in [-0.25, -0.2) is 9.18 Å². The number of carbonyl (C=O) groups excluding carboxylic acids is 2. The molecule has 8 heteroatoms. The normalized spacial score (nSPS) is 25.7. The molecule has 1 aromatic heterocycles. The average molecular weight is 422 g/mol. The monoisotopic (exact) mass is 422 g/mol. The van der Waals surface area contributed by atoms with Gasteiger partial charge in [0.2, 0.25) is 0 Å². The lowest BCUT2D eigenvalue weighted by Crippen LogP contribution is -2.24. The van der Waals surface area contributed by atoms with Gasteiger partial charge in [0.15, 0.2) is 0 Å². The summed E-state index contributed by atoms with van der Waals surface area (Å²) < 4.78 is 19.5. The lowest BCUT2D eigenvalue weighted by molar-refractivity contribution is -0.110. The highest BCUT2D eigenvalue weighted by Gasteiger charge is 2.44. The molecular weight excluding hydrogens is 399 g/mol. The van der Waals surface area contributed by atoms with E-state index in [0.29, 0.717) is 35.5 Å². The zero-order valence-corrected chi connectivity index (χ0v) is 17.0. The van der Waals surface area contributed by atoms with Crippen LogP contribution in [-0.4, -0.2) is 53.0 Å². The Bertz CT molecular complexity index is 1110. The number of halogens is 1. The highest BCUT2D eigenvalue weighted by atomic mass is 19.1. The van der Waals surface area contributed by atoms with Gasteiger partial charge in [-0.1, -0.05) is 0 Å². The number of carbonyl (C=O) groups is 2. The Kier molecular flexibility index (Phi) is 4.17. The van der Waals surface area contributed by atoms with Crippen LogP contribution in [0.15, 0.2) is 24.4 Å². The molecule has 6 rings (SSSR count). The van der Waals surface area contributed by atoms with Crippen molar-refractivity contribution in [2.45, 2.75) is 19.5 Å². The van der Waals surface area contributed by atoms with Crippen molar-refractivity contribution >= 4 is 29.3 Å². The zero-order valence-electron chi connectivity index (χ0n) is 17.0. The Balaban J connectivity index is 1.24. The fourth-order valence-corrected chi connectivity index (χ4v) is 4.97. The molecule has 7 nitrogen and oxygen atoms in total. The number of fused-ring (bicyclic) bond motifs is 2. The molecule has 3 fully saturated rings. The Morgan fingerprint density at radius 1 is 1.16 bits per heavy atom. The summed E-state index contributed by atoms with van der Waals surface area (Å²) in [6, 6.07) is 5.04. The Hall–Kier alpha value is -3.13. The molecule has 1 aromatic carbocycles. The first kappa shape index (κ1) is 18.6. The molecule has 1 saturated carbocycles. The van der Waals surface area contributed by atoms with Crippen molar-refractivity contribution < 1.29 is 18.7 Å². The van der Waals surface area contributed by atoms with Gasteiger partial charge in [0.1, 0.15) is 12.4 Å². The summed E-state index contributed by atoms with van der Waals surface area (Å²) in [6.45, 7) is 4.13. The molecule has 4 heterocycles. The van der Waals surface area contributed by atoms with Gasteiger partial charge < -0.3 is 19.9 Å². The maximum Gasteiger partial charge on any atom is 0.410 e. The standard InChI is InChI=1S/C23H23FN4O3/c24-20-7-21-18(5-16(20)12-28-1-2-31-23(28)30)19(22(29)26-21)6-17-3-13(8-25-17)9-27-10-14-4-15(14)11-27/h3,5-8,14-15,25H,1-2,4,9-12H2,(H,26,29)/t14-,15?/m1/s1. The number of cyclic esters (lactones) is 1. The Labute approximate surface area is 178 Å². The van der Waals surface area contributed by atoms with Crippen LogP contribution in [0.2, 0.25) is 0 Å². The minimum Gasteiger partial charge on any atom is -0.448 e. The molecule has 2 atom stereocenters. The highest BCUT2D eigenvalue weighted by molar-refractivity contribution is 6.34. The van der Waals surface area contributed by atoms with E-state index in [-0.39, 0.29) is 12.5 Å². The molecule has 0 bridgehead atoms. The second-order valence-electron chi connectivity index (χ2n) is 8.95. The lowest BCUT2D eigenvalue weighted by atomic mass is 10.0. The van der Waals surface area contributed by atoms with Crippen LogP contribution in [0.3, 0.4) is 0 Å².